The topological polar surface area (TPSA) is 170 Å². The minimum absolute atomic E-state index is 0.0362. The lowest BCUT2D eigenvalue weighted by molar-refractivity contribution is -0.361. The Labute approximate surface area is 368 Å². The van der Waals surface area contributed by atoms with Gasteiger partial charge in [-0.05, 0) is 76.0 Å². The van der Waals surface area contributed by atoms with E-state index in [9.17, 15) is 20.1 Å². The fourth-order valence-corrected chi connectivity index (χ4v) is 11.2. The molecule has 0 radical (unpaired) electrons. The molecule has 62 heavy (non-hydrogen) atoms. The summed E-state index contributed by atoms with van der Waals surface area (Å²) >= 11 is 0. The van der Waals surface area contributed by atoms with Crippen LogP contribution in [0.25, 0.3) is 0 Å². The summed E-state index contributed by atoms with van der Waals surface area (Å²) in [6.07, 6.45) is 5.64. The van der Waals surface area contributed by atoms with Crippen molar-refractivity contribution >= 4 is 5.97 Å². The van der Waals surface area contributed by atoms with E-state index in [1.54, 1.807) is 40.2 Å². The maximum atomic E-state index is 14.4. The Morgan fingerprint density at radius 2 is 1.61 bits per heavy atom. The molecule has 14 nitrogen and oxygen atoms in total. The first-order valence-corrected chi connectivity index (χ1v) is 23.0. The van der Waals surface area contributed by atoms with Crippen LogP contribution in [0.5, 0.6) is 0 Å². The van der Waals surface area contributed by atoms with Gasteiger partial charge in [-0.3, -0.25) is 4.79 Å². The average Bonchev–Trinajstić information content (AvgIpc) is 3.56. The summed E-state index contributed by atoms with van der Waals surface area (Å²) in [6.45, 7) is 18.2. The highest BCUT2D eigenvalue weighted by molar-refractivity contribution is 5.78. The summed E-state index contributed by atoms with van der Waals surface area (Å²) in [7, 11) is 3.22. The van der Waals surface area contributed by atoms with Crippen LogP contribution in [0.4, 0.5) is 0 Å². The first-order valence-electron chi connectivity index (χ1n) is 23.0. The largest absolute Gasteiger partial charge is 0.462 e. The monoisotopic (exact) mass is 875 g/mol. The smallest absolute Gasteiger partial charge is 0.316 e. The highest BCUT2D eigenvalue weighted by Gasteiger charge is 2.60. The van der Waals surface area contributed by atoms with Crippen LogP contribution >= 0.6 is 0 Å². The van der Waals surface area contributed by atoms with E-state index in [-0.39, 0.29) is 30.7 Å². The molecule has 14 heteroatoms. The van der Waals surface area contributed by atoms with Crippen LogP contribution in [-0.4, -0.2) is 139 Å². The number of ether oxygens (including phenoxy) is 10. The molecule has 7 aliphatic rings. The van der Waals surface area contributed by atoms with Gasteiger partial charge in [0.2, 0.25) is 0 Å². The van der Waals surface area contributed by atoms with Gasteiger partial charge < -0.3 is 62.7 Å². The molecule has 1 unspecified atom stereocenters. The van der Waals surface area contributed by atoms with Crippen LogP contribution in [0.3, 0.4) is 0 Å². The number of carbonyl (C=O) groups is 1. The Morgan fingerprint density at radius 1 is 0.919 bits per heavy atom. The zero-order valence-corrected chi connectivity index (χ0v) is 38.7. The summed E-state index contributed by atoms with van der Waals surface area (Å²) in [5.41, 5.74) is -0.631. The maximum Gasteiger partial charge on any atom is 0.316 e. The fourth-order valence-electron chi connectivity index (χ4n) is 11.2. The SMILES string of the molecule is CO[C@H]1C[C@H](O[C@H]2[C@H](C)O[C@@H](OC3/C(C)=C/C[C@]4(C)C[C@@H](C[C@]5(CC[C@H](C)[C@@H](C(C)C)O5)O4)OC(=O)[C@@H]4C=C(C)[C@@H](O)[C@H]5OC/C(=C\C=C\[C@@H]3C)[C@]54O)C[C@@H]2OC)O[C@@H](C)[C@@H]1O. The van der Waals surface area contributed by atoms with E-state index in [1.807, 2.05) is 19.1 Å². The fraction of sp³-hybridized carbons (Fsp3) is 0.812. The van der Waals surface area contributed by atoms with Gasteiger partial charge in [0.1, 0.15) is 42.0 Å². The third-order valence-electron chi connectivity index (χ3n) is 14.7. The van der Waals surface area contributed by atoms with Crippen LogP contribution < -0.4 is 0 Å². The third-order valence-corrected chi connectivity index (χ3v) is 14.7. The highest BCUT2D eigenvalue weighted by Crippen LogP contribution is 2.50. The Morgan fingerprint density at radius 3 is 2.32 bits per heavy atom. The predicted octanol–water partition coefficient (Wildman–Crippen LogP) is 5.60. The lowest BCUT2D eigenvalue weighted by Crippen LogP contribution is -2.60. The first-order chi connectivity index (χ1) is 29.3. The van der Waals surface area contributed by atoms with Crippen LogP contribution in [0.15, 0.2) is 47.1 Å². The standard InChI is InChI=1S/C48H74O14/c1-25(2)41-27(4)16-18-47(61-41)23-33-22-46(9,62-47)17-15-28(5)42(26(3)13-12-14-32-24-55-44-39(49)29(6)19-34(45(51)58-33)48(32,44)52)59-38-21-36(54-11)43(31(8)57-38)60-37-20-35(53-10)40(50)30(7)56-37/h12-15,19,25-27,30-31,33-44,49-50,52H,16-18,20-24H2,1-11H3/b13-12+,28-15+,32-14+/t26-,27-,30-,31-,33-,34-,35-,36-,37-,38-,39+,40-,41+,42?,43-,44+,46+,47-,48+/m0/s1. The molecular weight excluding hydrogens is 801 g/mol. The Hall–Kier alpha value is -2.05. The van der Waals surface area contributed by atoms with Crippen molar-refractivity contribution in [2.75, 3.05) is 20.8 Å². The predicted molar refractivity (Wildman–Crippen MR) is 227 cm³/mol. The minimum atomic E-state index is -1.83. The van der Waals surface area contributed by atoms with Crippen molar-refractivity contribution < 1.29 is 67.5 Å². The van der Waals surface area contributed by atoms with E-state index >= 15 is 0 Å². The van der Waals surface area contributed by atoms with Gasteiger partial charge in [0, 0.05) is 52.2 Å². The second-order valence-electron chi connectivity index (χ2n) is 20.0. The van der Waals surface area contributed by atoms with Crippen LogP contribution in [0, 0.1) is 23.7 Å². The molecule has 19 atom stereocenters. The number of aliphatic hydroxyl groups excluding tert-OH is 2. The molecule has 0 saturated carbocycles. The molecule has 0 amide bonds. The molecule has 1 aliphatic carbocycles. The van der Waals surface area contributed by atoms with Gasteiger partial charge in [0.25, 0.3) is 0 Å². The maximum absolute atomic E-state index is 14.4. The molecule has 1 spiro atoms. The number of hydrogen-bond acceptors (Lipinski definition) is 14. The van der Waals surface area contributed by atoms with Crippen molar-refractivity contribution in [1.82, 2.24) is 0 Å². The van der Waals surface area contributed by atoms with Crippen LogP contribution in [0.1, 0.15) is 107 Å². The molecule has 6 heterocycles. The summed E-state index contributed by atoms with van der Waals surface area (Å²) < 4.78 is 64.1. The molecule has 0 aromatic carbocycles. The molecule has 2 bridgehead atoms. The van der Waals surface area contributed by atoms with E-state index in [1.165, 1.54) is 0 Å². The van der Waals surface area contributed by atoms with Crippen molar-refractivity contribution in [3.8, 4) is 0 Å². The molecular formula is C48H74O14. The van der Waals surface area contributed by atoms with Gasteiger partial charge in [-0.15, -0.1) is 0 Å². The number of allylic oxidation sites excluding steroid dienone is 2. The summed E-state index contributed by atoms with van der Waals surface area (Å²) in [5, 5.41) is 34.3. The number of esters is 1. The number of methoxy groups -OCH3 is 2. The van der Waals surface area contributed by atoms with E-state index in [2.05, 4.69) is 47.6 Å². The average molecular weight is 875 g/mol. The van der Waals surface area contributed by atoms with Crippen LogP contribution in [0.2, 0.25) is 0 Å². The quantitative estimate of drug-likeness (QED) is 0.213. The molecule has 350 valence electrons. The first kappa shape index (κ1) is 47.9. The van der Waals surface area contributed by atoms with E-state index in [4.69, 9.17) is 47.4 Å². The highest BCUT2D eigenvalue weighted by atomic mass is 16.7. The van der Waals surface area contributed by atoms with Gasteiger partial charge in [-0.25, -0.2) is 0 Å². The van der Waals surface area contributed by atoms with E-state index in [0.29, 0.717) is 55.6 Å². The number of carbonyl (C=O) groups excluding carboxylic acids is 1. The molecule has 0 aromatic rings. The lowest BCUT2D eigenvalue weighted by Gasteiger charge is -2.54. The Kier molecular flexibility index (Phi) is 14.7. The van der Waals surface area contributed by atoms with Gasteiger partial charge in [-0.2, -0.15) is 0 Å². The van der Waals surface area contributed by atoms with Crippen molar-refractivity contribution in [2.45, 2.75) is 204 Å². The van der Waals surface area contributed by atoms with Crippen molar-refractivity contribution in [3.63, 3.8) is 0 Å². The minimum Gasteiger partial charge on any atom is -0.462 e. The molecule has 7 rings (SSSR count). The number of hydrogen-bond donors (Lipinski definition) is 3. The summed E-state index contributed by atoms with van der Waals surface area (Å²) in [5.74, 6) is -2.24. The van der Waals surface area contributed by atoms with E-state index in [0.717, 1.165) is 12.0 Å². The van der Waals surface area contributed by atoms with E-state index < -0.39 is 96.4 Å². The van der Waals surface area contributed by atoms with Gasteiger partial charge in [0.05, 0.1) is 48.8 Å². The second kappa shape index (κ2) is 19.0. The van der Waals surface area contributed by atoms with Gasteiger partial charge in [-0.1, -0.05) is 58.1 Å². The Bertz CT molecular complexity index is 1710. The zero-order valence-electron chi connectivity index (χ0n) is 38.7. The third kappa shape index (κ3) is 9.60. The summed E-state index contributed by atoms with van der Waals surface area (Å²) in [4.78, 5) is 14.4. The zero-order chi connectivity index (χ0) is 44.9. The number of rotatable bonds is 7. The van der Waals surface area contributed by atoms with Crippen molar-refractivity contribution in [2.24, 2.45) is 23.7 Å². The van der Waals surface area contributed by atoms with Gasteiger partial charge in [0.15, 0.2) is 18.4 Å². The molecule has 0 aromatic heterocycles. The molecule has 5 fully saturated rings. The number of aliphatic hydroxyl groups is 3. The Balaban J connectivity index is 1.20. The summed E-state index contributed by atoms with van der Waals surface area (Å²) in [6, 6.07) is 0. The van der Waals surface area contributed by atoms with Gasteiger partial charge >= 0.3 is 5.97 Å². The molecule has 3 N–H and O–H groups in total. The molecule has 6 aliphatic heterocycles. The number of fused-ring (bicyclic) bond motifs is 2. The van der Waals surface area contributed by atoms with Crippen molar-refractivity contribution in [3.05, 3.63) is 47.1 Å². The molecule has 5 saturated heterocycles. The lowest BCUT2D eigenvalue weighted by atomic mass is 9.71. The second-order valence-corrected chi connectivity index (χ2v) is 20.0. The van der Waals surface area contributed by atoms with Crippen LogP contribution in [-0.2, 0) is 52.2 Å². The normalized spacial score (nSPS) is 50.2. The van der Waals surface area contributed by atoms with Crippen molar-refractivity contribution in [1.29, 1.82) is 0 Å².